The number of para-hydroxylation sites is 1. The zero-order valence-electron chi connectivity index (χ0n) is 16.8. The van der Waals surface area contributed by atoms with E-state index in [2.05, 4.69) is 40.4 Å². The van der Waals surface area contributed by atoms with Crippen LogP contribution in [0.2, 0.25) is 5.15 Å². The van der Waals surface area contributed by atoms with Crippen molar-refractivity contribution < 1.29 is 4.74 Å². The summed E-state index contributed by atoms with van der Waals surface area (Å²) >= 11 is 8.20. The lowest BCUT2D eigenvalue weighted by Crippen LogP contribution is -2.07. The Bertz CT molecular complexity index is 1320. The molecule has 0 radical (unpaired) electrons. The highest BCUT2D eigenvalue weighted by Crippen LogP contribution is 2.35. The first-order valence-corrected chi connectivity index (χ1v) is 11.1. The van der Waals surface area contributed by atoms with E-state index in [9.17, 15) is 0 Å². The minimum atomic E-state index is -0.339. The summed E-state index contributed by atoms with van der Waals surface area (Å²) in [7, 11) is 0. The van der Waals surface area contributed by atoms with Gasteiger partial charge in [-0.15, -0.1) is 16.4 Å². The Morgan fingerprint density at radius 2 is 1.90 bits per heavy atom. The number of halogens is 1. The summed E-state index contributed by atoms with van der Waals surface area (Å²) in [6, 6.07) is 22.2. The van der Waals surface area contributed by atoms with Crippen LogP contribution in [0.3, 0.4) is 0 Å². The molecule has 0 fully saturated rings. The lowest BCUT2D eigenvalue weighted by molar-refractivity contribution is 0.0667. The van der Waals surface area contributed by atoms with E-state index in [1.54, 1.807) is 16.0 Å². The Hall–Kier alpha value is -3.06. The zero-order chi connectivity index (χ0) is 21.2. The van der Waals surface area contributed by atoms with Crippen molar-refractivity contribution in [2.24, 2.45) is 0 Å². The van der Waals surface area contributed by atoms with Gasteiger partial charge in [-0.05, 0) is 42.6 Å². The minimum absolute atomic E-state index is 0.303. The minimum Gasteiger partial charge on any atom is -0.361 e. The molecule has 5 nitrogen and oxygen atoms in total. The Morgan fingerprint density at radius 3 is 2.71 bits per heavy atom. The average Bonchev–Trinajstić information content (AvgIpc) is 3.47. The summed E-state index contributed by atoms with van der Waals surface area (Å²) in [6.45, 7) is 2.36. The average molecular weight is 447 g/mol. The quantitative estimate of drug-likeness (QED) is 0.294. The molecule has 0 saturated heterocycles. The standard InChI is InChI=1S/C24H19ClN4OS/c1-16-8-10-19(11-9-16)29-14-18(27-28-29)15-30-23(22-7-4-12-31-22)20-13-17-5-2-3-6-21(17)26-24(20)25/h2-14,23H,15H2,1H3. The van der Waals surface area contributed by atoms with Gasteiger partial charge in [-0.1, -0.05) is 58.8 Å². The number of pyridine rings is 1. The predicted octanol–water partition coefficient (Wildman–Crippen LogP) is 6.15. The number of thiophene rings is 1. The summed E-state index contributed by atoms with van der Waals surface area (Å²) in [5, 5.41) is 12.0. The van der Waals surface area contributed by atoms with Gasteiger partial charge in [-0.3, -0.25) is 0 Å². The third-order valence-corrected chi connectivity index (χ3v) is 6.24. The van der Waals surface area contributed by atoms with Gasteiger partial charge in [-0.25, -0.2) is 9.67 Å². The van der Waals surface area contributed by atoms with Crippen LogP contribution in [0.25, 0.3) is 16.6 Å². The third kappa shape index (κ3) is 4.23. The number of aryl methyl sites for hydroxylation is 1. The lowest BCUT2D eigenvalue weighted by atomic mass is 10.1. The van der Waals surface area contributed by atoms with Gasteiger partial charge < -0.3 is 4.74 Å². The number of rotatable bonds is 6. The molecule has 1 unspecified atom stereocenters. The van der Waals surface area contributed by atoms with E-state index < -0.39 is 0 Å². The second kappa shape index (κ2) is 8.59. The second-order valence-corrected chi connectivity index (χ2v) is 8.59. The predicted molar refractivity (Wildman–Crippen MR) is 124 cm³/mol. The second-order valence-electron chi connectivity index (χ2n) is 7.26. The van der Waals surface area contributed by atoms with Crippen LogP contribution in [0.5, 0.6) is 0 Å². The molecule has 5 rings (SSSR count). The van der Waals surface area contributed by atoms with Crippen LogP contribution in [0.4, 0.5) is 0 Å². The molecule has 0 spiro atoms. The number of nitrogens with zero attached hydrogens (tertiary/aromatic N) is 4. The van der Waals surface area contributed by atoms with Crippen molar-refractivity contribution in [1.29, 1.82) is 0 Å². The Balaban J connectivity index is 1.42. The summed E-state index contributed by atoms with van der Waals surface area (Å²) in [4.78, 5) is 5.63. The van der Waals surface area contributed by atoms with Crippen molar-refractivity contribution in [3.63, 3.8) is 0 Å². The van der Waals surface area contributed by atoms with Crippen LogP contribution in [-0.2, 0) is 11.3 Å². The lowest BCUT2D eigenvalue weighted by Gasteiger charge is -2.18. The summed E-state index contributed by atoms with van der Waals surface area (Å²) in [5.74, 6) is 0. The molecule has 5 aromatic rings. The Morgan fingerprint density at radius 1 is 1.06 bits per heavy atom. The molecule has 0 N–H and O–H groups in total. The zero-order valence-corrected chi connectivity index (χ0v) is 18.3. The number of hydrogen-bond donors (Lipinski definition) is 0. The van der Waals surface area contributed by atoms with E-state index in [4.69, 9.17) is 16.3 Å². The fourth-order valence-electron chi connectivity index (χ4n) is 3.42. The number of fused-ring (bicyclic) bond motifs is 1. The molecule has 0 amide bonds. The number of hydrogen-bond acceptors (Lipinski definition) is 5. The number of benzene rings is 2. The molecule has 3 aromatic heterocycles. The summed E-state index contributed by atoms with van der Waals surface area (Å²) in [5.41, 5.74) is 4.61. The smallest absolute Gasteiger partial charge is 0.135 e. The molecule has 31 heavy (non-hydrogen) atoms. The van der Waals surface area contributed by atoms with Gasteiger partial charge in [0.25, 0.3) is 0 Å². The highest BCUT2D eigenvalue weighted by molar-refractivity contribution is 7.10. The van der Waals surface area contributed by atoms with Gasteiger partial charge >= 0.3 is 0 Å². The molecular weight excluding hydrogens is 428 g/mol. The summed E-state index contributed by atoms with van der Waals surface area (Å²) in [6.07, 6.45) is 1.55. The van der Waals surface area contributed by atoms with Gasteiger partial charge in [0.1, 0.15) is 17.0 Å². The van der Waals surface area contributed by atoms with Gasteiger partial charge in [-0.2, -0.15) is 0 Å². The van der Waals surface area contributed by atoms with E-state index in [1.165, 1.54) is 5.56 Å². The molecule has 0 aliphatic carbocycles. The molecule has 1 atom stereocenters. The fourth-order valence-corrected chi connectivity index (χ4v) is 4.45. The molecule has 0 bridgehead atoms. The summed E-state index contributed by atoms with van der Waals surface area (Å²) < 4.78 is 8.08. The largest absolute Gasteiger partial charge is 0.361 e. The maximum atomic E-state index is 6.57. The highest BCUT2D eigenvalue weighted by Gasteiger charge is 2.21. The SMILES string of the molecule is Cc1ccc(-n2cc(COC(c3cccs3)c3cc4ccccc4nc3Cl)nn2)cc1. The first-order chi connectivity index (χ1) is 15.2. The molecule has 0 aliphatic heterocycles. The topological polar surface area (TPSA) is 52.8 Å². The van der Waals surface area contributed by atoms with Crippen LogP contribution in [-0.4, -0.2) is 20.0 Å². The van der Waals surface area contributed by atoms with Crippen molar-refractivity contribution in [2.75, 3.05) is 0 Å². The van der Waals surface area contributed by atoms with Crippen LogP contribution in [0.1, 0.15) is 27.8 Å². The number of aromatic nitrogens is 4. The van der Waals surface area contributed by atoms with Crippen LogP contribution in [0, 0.1) is 6.92 Å². The molecule has 7 heteroatoms. The normalized spacial score (nSPS) is 12.3. The first kappa shape index (κ1) is 19.9. The molecule has 154 valence electrons. The van der Waals surface area contributed by atoms with Crippen molar-refractivity contribution in [3.8, 4) is 5.69 Å². The molecule has 0 aliphatic rings. The van der Waals surface area contributed by atoms with Crippen molar-refractivity contribution in [3.05, 3.63) is 105 Å². The monoisotopic (exact) mass is 446 g/mol. The van der Waals surface area contributed by atoms with Gasteiger partial charge in [0, 0.05) is 15.8 Å². The van der Waals surface area contributed by atoms with E-state index in [-0.39, 0.29) is 6.10 Å². The van der Waals surface area contributed by atoms with Crippen molar-refractivity contribution >= 4 is 33.8 Å². The maximum Gasteiger partial charge on any atom is 0.135 e. The fraction of sp³-hybridized carbons (Fsp3) is 0.125. The van der Waals surface area contributed by atoms with Crippen LogP contribution in [0.15, 0.2) is 78.3 Å². The van der Waals surface area contributed by atoms with Gasteiger partial charge in [0.2, 0.25) is 0 Å². The third-order valence-electron chi connectivity index (χ3n) is 5.03. The molecule has 3 heterocycles. The Kier molecular flexibility index (Phi) is 5.51. The van der Waals surface area contributed by atoms with Crippen LogP contribution < -0.4 is 0 Å². The van der Waals surface area contributed by atoms with Gasteiger partial charge in [0.05, 0.1) is 24.0 Å². The van der Waals surface area contributed by atoms with E-state index >= 15 is 0 Å². The molecule has 0 saturated carbocycles. The highest BCUT2D eigenvalue weighted by atomic mass is 35.5. The van der Waals surface area contributed by atoms with Gasteiger partial charge in [0.15, 0.2) is 0 Å². The van der Waals surface area contributed by atoms with E-state index in [0.717, 1.165) is 32.7 Å². The maximum absolute atomic E-state index is 6.57. The van der Waals surface area contributed by atoms with Crippen molar-refractivity contribution in [1.82, 2.24) is 20.0 Å². The van der Waals surface area contributed by atoms with Crippen LogP contribution >= 0.6 is 22.9 Å². The van der Waals surface area contributed by atoms with Crippen molar-refractivity contribution in [2.45, 2.75) is 19.6 Å². The van der Waals surface area contributed by atoms with E-state index in [0.29, 0.717) is 11.8 Å². The molecule has 2 aromatic carbocycles. The Labute approximate surface area is 188 Å². The first-order valence-electron chi connectivity index (χ1n) is 9.86. The number of ether oxygens (including phenoxy) is 1. The van der Waals surface area contributed by atoms with E-state index in [1.807, 2.05) is 60.1 Å². The molecular formula is C24H19ClN4OS.